The third-order valence-electron chi connectivity index (χ3n) is 5.10. The monoisotopic (exact) mass is 515 g/mol. The summed E-state index contributed by atoms with van der Waals surface area (Å²) in [7, 11) is 7.75. The Balaban J connectivity index is 1.66. The van der Waals surface area contributed by atoms with Crippen LogP contribution in [-0.4, -0.2) is 68.2 Å². The fourth-order valence-corrected chi connectivity index (χ4v) is 4.18. The predicted octanol–water partition coefficient (Wildman–Crippen LogP) is 3.25. The number of hydrogen-bond acceptors (Lipinski definition) is 10. The summed E-state index contributed by atoms with van der Waals surface area (Å²) in [5.41, 5.74) is 4.01. The quantitative estimate of drug-likeness (QED) is 0.220. The highest BCUT2D eigenvalue weighted by atomic mass is 32.2. The van der Waals surface area contributed by atoms with Crippen LogP contribution in [0.2, 0.25) is 0 Å². The Kier molecular flexibility index (Phi) is 9.39. The number of thioether (sulfide) groups is 1. The third-order valence-corrected chi connectivity index (χ3v) is 6.06. The van der Waals surface area contributed by atoms with E-state index in [1.54, 1.807) is 26.4 Å². The fourth-order valence-electron chi connectivity index (χ4n) is 3.39. The molecule has 0 bridgehead atoms. The van der Waals surface area contributed by atoms with Crippen LogP contribution in [0.15, 0.2) is 40.6 Å². The smallest absolute Gasteiger partial charge is 0.250 e. The van der Waals surface area contributed by atoms with E-state index in [0.717, 1.165) is 5.56 Å². The number of benzene rings is 2. The van der Waals surface area contributed by atoms with Crippen molar-refractivity contribution in [1.29, 1.82) is 0 Å². The van der Waals surface area contributed by atoms with Gasteiger partial charge in [-0.05, 0) is 37.3 Å². The number of ether oxygens (including phenoxy) is 5. The van der Waals surface area contributed by atoms with Crippen LogP contribution in [0.3, 0.4) is 0 Å². The normalized spacial score (nSPS) is 10.8. The first-order valence-electron chi connectivity index (χ1n) is 10.9. The topological polar surface area (TPSA) is 118 Å². The van der Waals surface area contributed by atoms with E-state index >= 15 is 0 Å². The lowest BCUT2D eigenvalue weighted by atomic mass is 10.2. The number of methoxy groups -OCH3 is 5. The van der Waals surface area contributed by atoms with Crippen LogP contribution in [0.25, 0.3) is 11.4 Å². The Morgan fingerprint density at radius 2 is 1.61 bits per heavy atom. The second kappa shape index (κ2) is 12.7. The molecule has 0 atom stereocenters. The Morgan fingerprint density at radius 3 is 2.19 bits per heavy atom. The van der Waals surface area contributed by atoms with E-state index in [1.165, 1.54) is 39.3 Å². The summed E-state index contributed by atoms with van der Waals surface area (Å²) >= 11 is 1.27. The van der Waals surface area contributed by atoms with Gasteiger partial charge < -0.3 is 28.3 Å². The SMILES string of the molecule is CCn1c(SCC(=O)NN=Cc2cc(OC)c(OC)c(OC)c2)nnc1-c1ccc(OC)c(OC)c1. The zero-order chi connectivity index (χ0) is 26.1. The van der Waals surface area contributed by atoms with E-state index < -0.39 is 0 Å². The lowest BCUT2D eigenvalue weighted by Crippen LogP contribution is -2.20. The largest absolute Gasteiger partial charge is 0.493 e. The molecule has 3 rings (SSSR count). The van der Waals surface area contributed by atoms with Crippen molar-refractivity contribution in [3.8, 4) is 40.1 Å². The number of carbonyl (C=O) groups excluding carboxylic acids is 1. The van der Waals surface area contributed by atoms with Gasteiger partial charge in [-0.2, -0.15) is 5.10 Å². The van der Waals surface area contributed by atoms with E-state index in [1.807, 2.05) is 29.7 Å². The second-order valence-corrected chi connectivity index (χ2v) is 8.10. The van der Waals surface area contributed by atoms with Gasteiger partial charge in [0.25, 0.3) is 5.91 Å². The number of aromatic nitrogens is 3. The van der Waals surface area contributed by atoms with Gasteiger partial charge in [0.15, 0.2) is 34.0 Å². The number of amides is 1. The highest BCUT2D eigenvalue weighted by Crippen LogP contribution is 2.37. The van der Waals surface area contributed by atoms with E-state index in [-0.39, 0.29) is 11.7 Å². The molecule has 192 valence electrons. The summed E-state index contributed by atoms with van der Waals surface area (Å²) < 4.78 is 28.6. The molecule has 0 spiro atoms. The molecule has 0 unspecified atom stereocenters. The molecule has 0 saturated heterocycles. The molecule has 0 fully saturated rings. The van der Waals surface area contributed by atoms with Gasteiger partial charge in [-0.1, -0.05) is 11.8 Å². The lowest BCUT2D eigenvalue weighted by Gasteiger charge is -2.12. The molecule has 12 heteroatoms. The van der Waals surface area contributed by atoms with Crippen LogP contribution in [0.4, 0.5) is 0 Å². The van der Waals surface area contributed by atoms with Gasteiger partial charge in [-0.15, -0.1) is 10.2 Å². The predicted molar refractivity (Wildman–Crippen MR) is 137 cm³/mol. The van der Waals surface area contributed by atoms with Crippen LogP contribution in [0.5, 0.6) is 28.7 Å². The maximum Gasteiger partial charge on any atom is 0.250 e. The minimum atomic E-state index is -0.290. The molecule has 1 amide bonds. The van der Waals surface area contributed by atoms with Crippen molar-refractivity contribution in [3.05, 3.63) is 35.9 Å². The summed E-state index contributed by atoms with van der Waals surface area (Å²) in [6, 6.07) is 9.00. The van der Waals surface area contributed by atoms with E-state index in [4.69, 9.17) is 23.7 Å². The number of rotatable bonds is 12. The molecule has 3 aromatic rings. The van der Waals surface area contributed by atoms with Gasteiger partial charge in [0.1, 0.15) is 0 Å². The molecule has 1 heterocycles. The highest BCUT2D eigenvalue weighted by molar-refractivity contribution is 7.99. The van der Waals surface area contributed by atoms with Gasteiger partial charge in [-0.3, -0.25) is 4.79 Å². The zero-order valence-electron chi connectivity index (χ0n) is 21.0. The number of hydrazone groups is 1. The number of nitrogens with one attached hydrogen (secondary N) is 1. The Labute approximate surface area is 213 Å². The van der Waals surface area contributed by atoms with Gasteiger partial charge >= 0.3 is 0 Å². The molecule has 0 aliphatic rings. The summed E-state index contributed by atoms with van der Waals surface area (Å²) in [6.45, 7) is 2.61. The first kappa shape index (κ1) is 26.7. The number of carbonyl (C=O) groups is 1. The van der Waals surface area contributed by atoms with Gasteiger partial charge in [0.2, 0.25) is 5.75 Å². The maximum absolute atomic E-state index is 12.4. The standard InChI is InChI=1S/C24H29N5O6S/c1-7-29-23(16-8-9-17(31-2)18(12-16)32-3)27-28-24(29)36-14-21(30)26-25-13-15-10-19(33-4)22(35-6)20(11-15)34-5/h8-13H,7,14H2,1-6H3,(H,26,30). The van der Waals surface area contributed by atoms with Crippen LogP contribution in [0.1, 0.15) is 12.5 Å². The van der Waals surface area contributed by atoms with E-state index in [9.17, 15) is 4.79 Å². The zero-order valence-corrected chi connectivity index (χ0v) is 21.8. The Morgan fingerprint density at radius 1 is 0.944 bits per heavy atom. The van der Waals surface area contributed by atoms with Crippen LogP contribution in [0, 0.1) is 0 Å². The molecule has 1 N–H and O–H groups in total. The van der Waals surface area contributed by atoms with Crippen LogP contribution >= 0.6 is 11.8 Å². The summed E-state index contributed by atoms with van der Waals surface area (Å²) in [6.07, 6.45) is 1.50. The average Bonchev–Trinajstić information content (AvgIpc) is 3.33. The Bertz CT molecular complexity index is 1200. The van der Waals surface area contributed by atoms with Crippen molar-refractivity contribution < 1.29 is 28.5 Å². The van der Waals surface area contributed by atoms with Crippen molar-refractivity contribution in [2.24, 2.45) is 5.10 Å². The number of hydrogen-bond donors (Lipinski definition) is 1. The highest BCUT2D eigenvalue weighted by Gasteiger charge is 2.17. The van der Waals surface area contributed by atoms with Crippen molar-refractivity contribution in [1.82, 2.24) is 20.2 Å². The average molecular weight is 516 g/mol. The Hall–Kier alpha value is -3.93. The number of nitrogens with zero attached hydrogens (tertiary/aromatic N) is 4. The first-order chi connectivity index (χ1) is 17.5. The van der Waals surface area contributed by atoms with E-state index in [0.29, 0.717) is 51.8 Å². The molecule has 2 aromatic carbocycles. The molecule has 36 heavy (non-hydrogen) atoms. The first-order valence-corrected chi connectivity index (χ1v) is 11.9. The lowest BCUT2D eigenvalue weighted by molar-refractivity contribution is -0.118. The molecule has 0 radical (unpaired) electrons. The molecular formula is C24H29N5O6S. The maximum atomic E-state index is 12.4. The minimum Gasteiger partial charge on any atom is -0.493 e. The molecule has 1 aromatic heterocycles. The molecule has 11 nitrogen and oxygen atoms in total. The molecule has 0 saturated carbocycles. The summed E-state index contributed by atoms with van der Waals surface area (Å²) in [5, 5.41) is 13.2. The summed E-state index contributed by atoms with van der Waals surface area (Å²) in [4.78, 5) is 12.4. The molecule has 0 aliphatic heterocycles. The van der Waals surface area contributed by atoms with Crippen molar-refractivity contribution >= 4 is 23.9 Å². The molecule has 0 aliphatic carbocycles. The van der Waals surface area contributed by atoms with Crippen molar-refractivity contribution in [3.63, 3.8) is 0 Å². The van der Waals surface area contributed by atoms with Crippen LogP contribution < -0.4 is 29.1 Å². The molecular weight excluding hydrogens is 486 g/mol. The van der Waals surface area contributed by atoms with Gasteiger partial charge in [-0.25, -0.2) is 5.43 Å². The van der Waals surface area contributed by atoms with Gasteiger partial charge in [0, 0.05) is 17.7 Å². The van der Waals surface area contributed by atoms with Gasteiger partial charge in [0.05, 0.1) is 47.5 Å². The minimum absolute atomic E-state index is 0.108. The van der Waals surface area contributed by atoms with Crippen molar-refractivity contribution in [2.75, 3.05) is 41.3 Å². The fraction of sp³-hybridized carbons (Fsp3) is 0.333. The van der Waals surface area contributed by atoms with Crippen molar-refractivity contribution in [2.45, 2.75) is 18.6 Å². The van der Waals surface area contributed by atoms with Crippen LogP contribution in [-0.2, 0) is 11.3 Å². The second-order valence-electron chi connectivity index (χ2n) is 7.16. The third kappa shape index (κ3) is 6.00. The van der Waals surface area contributed by atoms with E-state index in [2.05, 4.69) is 20.7 Å². The summed E-state index contributed by atoms with van der Waals surface area (Å²) in [5.74, 6) is 3.17.